The molecule has 8 nitrogen and oxygen atoms in total. The van der Waals surface area contributed by atoms with Gasteiger partial charge in [-0.15, -0.1) is 0 Å². The molecule has 0 saturated heterocycles. The highest BCUT2D eigenvalue weighted by atomic mass is 16.5. The number of carbonyl (C=O) groups excluding carboxylic acids is 2. The molecule has 0 bridgehead atoms. The number of aliphatic carboxylic acids is 1. The van der Waals surface area contributed by atoms with Crippen molar-refractivity contribution in [3.8, 4) is 6.07 Å². The lowest BCUT2D eigenvalue weighted by molar-refractivity contribution is -0.137. The van der Waals surface area contributed by atoms with E-state index < -0.39 is 5.97 Å². The van der Waals surface area contributed by atoms with E-state index in [9.17, 15) is 19.6 Å². The van der Waals surface area contributed by atoms with Crippen molar-refractivity contribution < 1.29 is 24.2 Å². The molecule has 2 atom stereocenters. The number of carbonyl (C=O) groups is 3. The third kappa shape index (κ3) is 5.37. The summed E-state index contributed by atoms with van der Waals surface area (Å²) in [5, 5.41) is 24.2. The number of hydrogen-bond donors (Lipinski definition) is 3. The van der Waals surface area contributed by atoms with E-state index in [1.165, 1.54) is 0 Å². The number of carboxylic acids is 1. The van der Waals surface area contributed by atoms with Gasteiger partial charge in [0.15, 0.2) is 0 Å². The fourth-order valence-electron chi connectivity index (χ4n) is 5.81. The highest BCUT2D eigenvalue weighted by Crippen LogP contribution is 2.66. The summed E-state index contributed by atoms with van der Waals surface area (Å²) in [6.07, 6.45) is 2.46. The minimum atomic E-state index is -0.867. The standard InChI is InChI=1S/C29H33N3O5/c1-28(2)17-29(22-14-20(9-10-21(22)28)26(35)31-11-12-37-3)15-23(29)27(36)32-24-13-18(16-30)7-8-19(24)5-4-6-25(33)34/h7-10,13-14,23H,4-6,11-12,15,17H2,1-3H3,(H,31,35)(H,32,36)(H,33,34)/t23-,29+/m0/s1. The van der Waals surface area contributed by atoms with Gasteiger partial charge in [-0.1, -0.05) is 26.0 Å². The number of methoxy groups -OCH3 is 1. The lowest BCUT2D eigenvalue weighted by atomic mass is 9.85. The first-order chi connectivity index (χ1) is 17.6. The predicted molar refractivity (Wildman–Crippen MR) is 138 cm³/mol. The Balaban J connectivity index is 1.55. The minimum absolute atomic E-state index is 0.0341. The van der Waals surface area contributed by atoms with Crippen LogP contribution in [0, 0.1) is 17.2 Å². The van der Waals surface area contributed by atoms with E-state index in [2.05, 4.69) is 30.6 Å². The number of hydrogen-bond acceptors (Lipinski definition) is 5. The lowest BCUT2D eigenvalue weighted by Gasteiger charge is -2.19. The fraction of sp³-hybridized carbons (Fsp3) is 0.448. The number of fused-ring (bicyclic) bond motifs is 2. The van der Waals surface area contributed by atoms with Crippen molar-refractivity contribution in [2.45, 2.75) is 56.8 Å². The summed E-state index contributed by atoms with van der Waals surface area (Å²) < 4.78 is 5.01. The molecule has 1 fully saturated rings. The topological polar surface area (TPSA) is 129 Å². The van der Waals surface area contributed by atoms with Crippen molar-refractivity contribution in [1.29, 1.82) is 5.26 Å². The molecule has 4 rings (SSSR count). The zero-order valence-corrected chi connectivity index (χ0v) is 21.5. The summed E-state index contributed by atoms with van der Waals surface area (Å²) in [5.41, 5.74) is 4.13. The Morgan fingerprint density at radius 2 is 1.95 bits per heavy atom. The van der Waals surface area contributed by atoms with Gasteiger partial charge in [-0.3, -0.25) is 14.4 Å². The highest BCUT2D eigenvalue weighted by Gasteiger charge is 2.65. The molecule has 194 valence electrons. The van der Waals surface area contributed by atoms with Crippen molar-refractivity contribution in [2.24, 2.45) is 5.92 Å². The smallest absolute Gasteiger partial charge is 0.303 e. The van der Waals surface area contributed by atoms with E-state index in [1.54, 1.807) is 25.3 Å². The second-order valence-corrected chi connectivity index (χ2v) is 10.7. The van der Waals surface area contributed by atoms with Crippen LogP contribution in [0.3, 0.4) is 0 Å². The van der Waals surface area contributed by atoms with Gasteiger partial charge < -0.3 is 20.5 Å². The first-order valence-electron chi connectivity index (χ1n) is 12.6. The Morgan fingerprint density at radius 1 is 1.16 bits per heavy atom. The first kappa shape index (κ1) is 26.4. The van der Waals surface area contributed by atoms with Crippen LogP contribution in [-0.4, -0.2) is 43.2 Å². The van der Waals surface area contributed by atoms with Crippen LogP contribution in [0.2, 0.25) is 0 Å². The Labute approximate surface area is 217 Å². The highest BCUT2D eigenvalue weighted by molar-refractivity contribution is 5.98. The number of nitriles is 1. The van der Waals surface area contributed by atoms with Crippen LogP contribution < -0.4 is 10.6 Å². The van der Waals surface area contributed by atoms with Gasteiger partial charge in [0.05, 0.1) is 18.2 Å². The third-order valence-electron chi connectivity index (χ3n) is 7.62. The molecule has 0 aromatic heterocycles. The fourth-order valence-corrected chi connectivity index (χ4v) is 5.81. The van der Waals surface area contributed by atoms with E-state index in [1.807, 2.05) is 18.2 Å². The Kier molecular flexibility index (Phi) is 7.37. The molecule has 1 spiro atoms. The molecular weight excluding hydrogens is 470 g/mol. The maximum Gasteiger partial charge on any atom is 0.303 e. The van der Waals surface area contributed by atoms with Crippen LogP contribution in [-0.2, 0) is 31.6 Å². The number of carboxylic acid groups (broad SMARTS) is 1. The number of nitrogens with zero attached hydrogens (tertiary/aromatic N) is 1. The minimum Gasteiger partial charge on any atom is -0.481 e. The van der Waals surface area contributed by atoms with E-state index in [4.69, 9.17) is 9.84 Å². The van der Waals surface area contributed by atoms with E-state index >= 15 is 0 Å². The van der Waals surface area contributed by atoms with Crippen molar-refractivity contribution in [2.75, 3.05) is 25.6 Å². The molecule has 2 aromatic carbocycles. The van der Waals surface area contributed by atoms with Crippen LogP contribution in [0.25, 0.3) is 0 Å². The van der Waals surface area contributed by atoms with Crippen molar-refractivity contribution in [3.63, 3.8) is 0 Å². The molecule has 0 radical (unpaired) electrons. The van der Waals surface area contributed by atoms with Gasteiger partial charge in [0, 0.05) is 42.7 Å². The number of nitrogens with one attached hydrogen (secondary N) is 2. The average Bonchev–Trinajstić information content (AvgIpc) is 3.53. The predicted octanol–water partition coefficient (Wildman–Crippen LogP) is 3.92. The molecule has 8 heteroatoms. The van der Waals surface area contributed by atoms with Crippen molar-refractivity contribution in [1.82, 2.24) is 5.32 Å². The maximum atomic E-state index is 13.5. The molecule has 2 aliphatic rings. The molecular formula is C29H33N3O5. The quantitative estimate of drug-likeness (QED) is 0.422. The molecule has 2 aromatic rings. The molecule has 0 unspecified atom stereocenters. The average molecular weight is 504 g/mol. The largest absolute Gasteiger partial charge is 0.481 e. The van der Waals surface area contributed by atoms with Gasteiger partial charge in [-0.25, -0.2) is 0 Å². The van der Waals surface area contributed by atoms with Gasteiger partial charge >= 0.3 is 5.97 Å². The number of amides is 2. The summed E-state index contributed by atoms with van der Waals surface area (Å²) in [6, 6.07) is 13.0. The van der Waals surface area contributed by atoms with Crippen LogP contribution in [0.4, 0.5) is 5.69 Å². The number of aryl methyl sites for hydroxylation is 1. The molecule has 0 aliphatic heterocycles. The summed E-state index contributed by atoms with van der Waals surface area (Å²) >= 11 is 0. The summed E-state index contributed by atoms with van der Waals surface area (Å²) in [5.74, 6) is -1.40. The van der Waals surface area contributed by atoms with Crippen LogP contribution >= 0.6 is 0 Å². The molecule has 1 saturated carbocycles. The molecule has 2 amide bonds. The maximum absolute atomic E-state index is 13.5. The van der Waals surface area contributed by atoms with Crippen LogP contribution in [0.15, 0.2) is 36.4 Å². The zero-order valence-electron chi connectivity index (χ0n) is 21.5. The number of anilines is 1. The Hall–Kier alpha value is -3.70. The monoisotopic (exact) mass is 503 g/mol. The summed E-state index contributed by atoms with van der Waals surface area (Å²) in [4.78, 5) is 37.1. The second kappa shape index (κ2) is 10.3. The normalized spacial score (nSPS) is 20.6. The number of rotatable bonds is 10. The Morgan fingerprint density at radius 3 is 2.65 bits per heavy atom. The summed E-state index contributed by atoms with van der Waals surface area (Å²) in [6.45, 7) is 5.19. The summed E-state index contributed by atoms with van der Waals surface area (Å²) in [7, 11) is 1.58. The number of benzene rings is 2. The zero-order chi connectivity index (χ0) is 26.8. The molecule has 3 N–H and O–H groups in total. The number of ether oxygens (including phenoxy) is 1. The van der Waals surface area contributed by atoms with Crippen LogP contribution in [0.5, 0.6) is 0 Å². The van der Waals surface area contributed by atoms with Gasteiger partial charge in [0.2, 0.25) is 5.91 Å². The van der Waals surface area contributed by atoms with E-state index in [0.29, 0.717) is 49.2 Å². The lowest BCUT2D eigenvalue weighted by Crippen LogP contribution is -2.27. The van der Waals surface area contributed by atoms with Gasteiger partial charge in [0.1, 0.15) is 0 Å². The van der Waals surface area contributed by atoms with Gasteiger partial charge in [-0.05, 0) is 72.1 Å². The van der Waals surface area contributed by atoms with Crippen LogP contribution in [0.1, 0.15) is 72.1 Å². The van der Waals surface area contributed by atoms with Crippen molar-refractivity contribution >= 4 is 23.5 Å². The van der Waals surface area contributed by atoms with E-state index in [-0.39, 0.29) is 35.0 Å². The SMILES string of the molecule is COCCNC(=O)c1ccc2c(c1)[C@@]1(C[C@H]1C(=O)Nc1cc(C#N)ccc1CCCC(=O)O)CC2(C)C. The molecule has 37 heavy (non-hydrogen) atoms. The molecule has 2 aliphatic carbocycles. The van der Waals surface area contributed by atoms with Gasteiger partial charge in [-0.2, -0.15) is 5.26 Å². The van der Waals surface area contributed by atoms with Crippen molar-refractivity contribution in [3.05, 3.63) is 64.2 Å². The second-order valence-electron chi connectivity index (χ2n) is 10.7. The van der Waals surface area contributed by atoms with E-state index in [0.717, 1.165) is 23.1 Å². The first-order valence-corrected chi connectivity index (χ1v) is 12.6. The van der Waals surface area contributed by atoms with Gasteiger partial charge in [0.25, 0.3) is 5.91 Å². The molecule has 0 heterocycles. The Bertz CT molecular complexity index is 1280. The third-order valence-corrected chi connectivity index (χ3v) is 7.62.